The fourth-order valence-electron chi connectivity index (χ4n) is 6.24. The molecule has 0 radical (unpaired) electrons. The number of hydrogen-bond acceptors (Lipinski definition) is 8. The third-order valence-electron chi connectivity index (χ3n) is 8.42. The van der Waals surface area contributed by atoms with Crippen LogP contribution in [-0.2, 0) is 33.4 Å². The number of alkyl carbamates (subject to hydrolysis) is 1. The van der Waals surface area contributed by atoms with Crippen LogP contribution in [0.15, 0.2) is 60.7 Å². The van der Waals surface area contributed by atoms with Gasteiger partial charge in [-0.05, 0) is 82.1 Å². The molecule has 4 N–H and O–H groups in total. The van der Waals surface area contributed by atoms with Gasteiger partial charge in [-0.3, -0.25) is 19.2 Å². The van der Waals surface area contributed by atoms with E-state index in [4.69, 9.17) is 9.47 Å². The van der Waals surface area contributed by atoms with Gasteiger partial charge in [-0.1, -0.05) is 102 Å². The summed E-state index contributed by atoms with van der Waals surface area (Å²) in [6, 6.07) is 14.8. The van der Waals surface area contributed by atoms with Crippen molar-refractivity contribution < 1.29 is 38.2 Å². The van der Waals surface area contributed by atoms with Crippen LogP contribution in [0.2, 0.25) is 0 Å². The molecule has 0 spiro atoms. The van der Waals surface area contributed by atoms with E-state index in [1.165, 1.54) is 0 Å². The molecule has 57 heavy (non-hydrogen) atoms. The Balaban J connectivity index is 0.00000119. The van der Waals surface area contributed by atoms with E-state index in [0.717, 1.165) is 41.0 Å². The van der Waals surface area contributed by atoms with Crippen LogP contribution in [0.4, 0.5) is 4.79 Å². The fourth-order valence-corrected chi connectivity index (χ4v) is 6.24. The predicted octanol–water partition coefficient (Wildman–Crippen LogP) is 7.45. The normalized spacial score (nSPS) is 15.7. The average Bonchev–Trinajstić information content (AvgIpc) is 3.71. The Labute approximate surface area is 341 Å². The lowest BCUT2D eigenvalue weighted by Gasteiger charge is -2.30. The summed E-state index contributed by atoms with van der Waals surface area (Å²) in [5, 5.41) is 11.2. The number of amides is 4. The van der Waals surface area contributed by atoms with Crippen LogP contribution in [0, 0.1) is 11.8 Å². The van der Waals surface area contributed by atoms with Crippen LogP contribution in [0.3, 0.4) is 0 Å². The molecule has 2 aromatic carbocycles. The maximum Gasteiger partial charge on any atom is 0.407 e. The van der Waals surface area contributed by atoms with Gasteiger partial charge in [-0.15, -0.1) is 0 Å². The molecule has 0 bridgehead atoms. The van der Waals surface area contributed by atoms with E-state index in [-0.39, 0.29) is 49.3 Å². The summed E-state index contributed by atoms with van der Waals surface area (Å²) in [7, 11) is 0. The van der Waals surface area contributed by atoms with E-state index in [1.807, 2.05) is 97.0 Å². The molecule has 12 heteroatoms. The van der Waals surface area contributed by atoms with Crippen molar-refractivity contribution in [3.05, 3.63) is 71.8 Å². The highest BCUT2D eigenvalue weighted by molar-refractivity contribution is 5.87. The summed E-state index contributed by atoms with van der Waals surface area (Å²) in [4.78, 5) is 60.4. The first-order valence-electron chi connectivity index (χ1n) is 20.4. The number of nitrogens with one attached hydrogen (secondary N) is 4. The smallest absolute Gasteiger partial charge is 0.407 e. The second kappa shape index (κ2) is 27.0. The van der Waals surface area contributed by atoms with Crippen LogP contribution >= 0.6 is 0 Å². The van der Waals surface area contributed by atoms with Crippen molar-refractivity contribution in [3.63, 3.8) is 0 Å². The van der Waals surface area contributed by atoms with Gasteiger partial charge in [-0.25, -0.2) is 4.79 Å². The molecule has 318 valence electrons. The molecule has 4 amide bonds. The number of carbonyl (C=O) groups excluding carboxylic acids is 5. The summed E-state index contributed by atoms with van der Waals surface area (Å²) in [5.74, 6) is -0.156. The summed E-state index contributed by atoms with van der Waals surface area (Å²) in [6.07, 6.45) is 4.48. The Hall–Kier alpha value is -4.71. The molecule has 2 aromatic rings. The van der Waals surface area contributed by atoms with Crippen molar-refractivity contribution in [3.8, 4) is 11.1 Å². The number of fused-ring (bicyclic) bond motifs is 3. The highest BCUT2D eigenvalue weighted by Gasteiger charge is 2.33. The van der Waals surface area contributed by atoms with E-state index in [1.54, 1.807) is 6.92 Å². The number of rotatable bonds is 16. The van der Waals surface area contributed by atoms with E-state index in [2.05, 4.69) is 58.9 Å². The molecule has 4 atom stereocenters. The van der Waals surface area contributed by atoms with Crippen LogP contribution in [0.25, 0.3) is 11.1 Å². The Morgan fingerprint density at radius 1 is 0.947 bits per heavy atom. The minimum atomic E-state index is -1.06. The predicted molar refractivity (Wildman–Crippen MR) is 227 cm³/mol. The summed E-state index contributed by atoms with van der Waals surface area (Å²) < 4.78 is 16.0. The maximum absolute atomic E-state index is 13.3. The minimum absolute atomic E-state index is 0.00699. The molecule has 0 aromatic heterocycles. The average molecular weight is 795 g/mol. The maximum atomic E-state index is 13.3. The third kappa shape index (κ3) is 18.9. The molecule has 1 aliphatic carbocycles. The van der Waals surface area contributed by atoms with Crippen molar-refractivity contribution in [2.45, 2.75) is 132 Å². The number of benzene rings is 2. The molecular formula is C45H70N4O8. The molecule has 4 rings (SSSR count). The second-order valence-electron chi connectivity index (χ2n) is 15.3. The van der Waals surface area contributed by atoms with Crippen LogP contribution in [0.1, 0.15) is 119 Å². The topological polar surface area (TPSA) is 161 Å². The third-order valence-corrected chi connectivity index (χ3v) is 8.42. The zero-order valence-corrected chi connectivity index (χ0v) is 36.2. The monoisotopic (exact) mass is 795 g/mol. The Morgan fingerprint density at radius 3 is 2.00 bits per heavy atom. The second-order valence-corrected chi connectivity index (χ2v) is 15.3. The van der Waals surface area contributed by atoms with Gasteiger partial charge >= 0.3 is 6.09 Å². The van der Waals surface area contributed by atoms with Gasteiger partial charge in [-0.2, -0.15) is 0 Å². The minimum Gasteiger partial charge on any atom is -0.468 e. The fraction of sp³-hybridized carbons (Fsp3) is 0.578. The first-order chi connectivity index (χ1) is 27.1. The number of ether oxygens (including phenoxy) is 3. The van der Waals surface area contributed by atoms with Gasteiger partial charge < -0.3 is 35.5 Å². The first-order valence-corrected chi connectivity index (χ1v) is 20.4. The number of allylic oxidation sites excluding steroid dienone is 1. The number of hydrogen-bond donors (Lipinski definition) is 4. The van der Waals surface area contributed by atoms with Crippen molar-refractivity contribution in [1.29, 1.82) is 0 Å². The van der Waals surface area contributed by atoms with Crippen LogP contribution in [-0.4, -0.2) is 80.4 Å². The molecule has 4 unspecified atom stereocenters. The van der Waals surface area contributed by atoms with Crippen molar-refractivity contribution in [2.75, 3.05) is 26.3 Å². The summed E-state index contributed by atoms with van der Waals surface area (Å²) in [6.45, 7) is 23.4. The van der Waals surface area contributed by atoms with Gasteiger partial charge in [0.05, 0.1) is 18.3 Å². The Kier molecular flexibility index (Phi) is 23.8. The quantitative estimate of drug-likeness (QED) is 0.0775. The van der Waals surface area contributed by atoms with Gasteiger partial charge in [0.25, 0.3) is 6.47 Å². The molecule has 12 nitrogen and oxygen atoms in total. The molecule has 1 heterocycles. The van der Waals surface area contributed by atoms with Crippen molar-refractivity contribution in [2.24, 2.45) is 11.8 Å². The van der Waals surface area contributed by atoms with E-state index in [0.29, 0.717) is 26.0 Å². The lowest BCUT2D eigenvalue weighted by atomic mass is 9.98. The zero-order chi connectivity index (χ0) is 43.0. The SMILES string of the molecule is C/C=C/C(CC1CCNC1=O)NC(=O)CCNC(=O)C(NC(=O)OCC1c2ccccc2-c2ccccc21)C(C)OC(C)(C)C.CC.CC(C)C.CCCOC=O. The van der Waals surface area contributed by atoms with Crippen LogP contribution in [0.5, 0.6) is 0 Å². The van der Waals surface area contributed by atoms with E-state index < -0.39 is 29.7 Å². The van der Waals surface area contributed by atoms with Crippen LogP contribution < -0.4 is 21.3 Å². The van der Waals surface area contributed by atoms with E-state index in [9.17, 15) is 24.0 Å². The lowest BCUT2D eigenvalue weighted by Crippen LogP contribution is -2.55. The molecule has 1 fully saturated rings. The molecule has 1 aliphatic heterocycles. The summed E-state index contributed by atoms with van der Waals surface area (Å²) in [5.41, 5.74) is 3.85. The van der Waals surface area contributed by atoms with E-state index >= 15 is 0 Å². The zero-order valence-electron chi connectivity index (χ0n) is 36.2. The Bertz CT molecular complexity index is 1510. The largest absolute Gasteiger partial charge is 0.468 e. The standard InChI is InChI=1S/C35H46N4O6.C4H8O2.C4H10.C2H6/c1-6-11-24(20-23-16-18-36-32(23)41)38-30(40)17-19-37-33(42)31(22(2)45-35(3,4)5)39-34(43)44-21-29-27-14-9-7-12-25(27)26-13-8-10-15-28(26)29;1-2-3-6-4-5;1-4(2)3;1-2/h6-15,22-24,29,31H,16-21H2,1-5H3,(H,36,41)(H,37,42)(H,38,40)(H,39,43);4H,2-3H2,1H3;4H,1-3H3;1-2H3/b11-6+;;;. The Morgan fingerprint density at radius 2 is 1.53 bits per heavy atom. The van der Waals surface area contributed by atoms with Crippen molar-refractivity contribution >= 4 is 30.3 Å². The van der Waals surface area contributed by atoms with Gasteiger partial charge in [0.1, 0.15) is 12.6 Å². The van der Waals surface area contributed by atoms with Crippen molar-refractivity contribution in [1.82, 2.24) is 21.3 Å². The highest BCUT2D eigenvalue weighted by atomic mass is 16.6. The van der Waals surface area contributed by atoms with Gasteiger partial charge in [0.2, 0.25) is 17.7 Å². The lowest BCUT2D eigenvalue weighted by molar-refractivity contribution is -0.131. The summed E-state index contributed by atoms with van der Waals surface area (Å²) >= 11 is 0. The molecule has 2 aliphatic rings. The highest BCUT2D eigenvalue weighted by Crippen LogP contribution is 2.44. The molecular weight excluding hydrogens is 725 g/mol. The molecule has 0 saturated carbocycles. The molecule has 1 saturated heterocycles. The number of carbonyl (C=O) groups is 5. The van der Waals surface area contributed by atoms with Gasteiger partial charge in [0, 0.05) is 37.4 Å². The van der Waals surface area contributed by atoms with Gasteiger partial charge in [0.15, 0.2) is 0 Å². The first kappa shape index (κ1) is 50.3.